The molecule has 0 aromatic rings. The second-order valence-corrected chi connectivity index (χ2v) is 2.84. The molecule has 0 aliphatic carbocycles. The van der Waals surface area contributed by atoms with Gasteiger partial charge in [-0.2, -0.15) is 0 Å². The van der Waals surface area contributed by atoms with Crippen LogP contribution in [0.3, 0.4) is 0 Å². The standard InChI is InChI=1S/C9H20O.Li.H/c1-2-3-4-5-6-7-8-9-10;;/h10H,2-9H2,1H3;;/q;+1;-1. The Balaban J connectivity index is -0.000000405. The van der Waals surface area contributed by atoms with E-state index >= 15 is 0 Å². The number of hydrogen-bond donors (Lipinski definition) is 1. The minimum atomic E-state index is 0. The van der Waals surface area contributed by atoms with Crippen LogP contribution in [0.25, 0.3) is 0 Å². The first-order valence-corrected chi connectivity index (χ1v) is 4.52. The number of rotatable bonds is 7. The normalized spacial score (nSPS) is 9.27. The molecular formula is C9H21LiO. The van der Waals surface area contributed by atoms with Gasteiger partial charge in [-0.15, -0.1) is 0 Å². The van der Waals surface area contributed by atoms with Gasteiger partial charge in [0.25, 0.3) is 0 Å². The van der Waals surface area contributed by atoms with E-state index in [4.69, 9.17) is 5.11 Å². The third-order valence-electron chi connectivity index (χ3n) is 1.76. The van der Waals surface area contributed by atoms with Crippen molar-refractivity contribution in [1.29, 1.82) is 0 Å². The fourth-order valence-corrected chi connectivity index (χ4v) is 1.07. The first-order valence-electron chi connectivity index (χ1n) is 4.52. The maximum Gasteiger partial charge on any atom is 1.00 e. The second-order valence-electron chi connectivity index (χ2n) is 2.84. The van der Waals surface area contributed by atoms with Crippen LogP contribution in [0.1, 0.15) is 53.3 Å². The van der Waals surface area contributed by atoms with Gasteiger partial charge < -0.3 is 6.53 Å². The molecule has 0 unspecified atom stereocenters. The van der Waals surface area contributed by atoms with Gasteiger partial charge in [0, 0.05) is 6.61 Å². The first kappa shape index (κ1) is 14.1. The maximum absolute atomic E-state index is 8.47. The number of hydrogen-bond acceptors (Lipinski definition) is 1. The van der Waals surface area contributed by atoms with Crippen molar-refractivity contribution in [2.75, 3.05) is 6.61 Å². The molecule has 1 N–H and O–H groups in total. The van der Waals surface area contributed by atoms with Crippen LogP contribution in [0.5, 0.6) is 0 Å². The van der Waals surface area contributed by atoms with Crippen molar-refractivity contribution in [3.63, 3.8) is 0 Å². The molecule has 0 aromatic heterocycles. The molecule has 0 aliphatic rings. The molecule has 0 amide bonds. The number of aliphatic hydroxyl groups excluding tert-OH is 1. The van der Waals surface area contributed by atoms with Crippen LogP contribution in [-0.4, -0.2) is 11.7 Å². The van der Waals surface area contributed by atoms with Crippen LogP contribution < -0.4 is 18.9 Å². The molecule has 2 heteroatoms. The fourth-order valence-electron chi connectivity index (χ4n) is 1.07. The van der Waals surface area contributed by atoms with Crippen molar-refractivity contribution in [2.45, 2.75) is 51.9 Å². The van der Waals surface area contributed by atoms with Gasteiger partial charge in [-0.3, -0.25) is 0 Å². The Kier molecular flexibility index (Phi) is 16.9. The van der Waals surface area contributed by atoms with Crippen molar-refractivity contribution >= 4 is 0 Å². The summed E-state index contributed by atoms with van der Waals surface area (Å²) in [5.74, 6) is 0. The number of aliphatic hydroxyl groups is 1. The van der Waals surface area contributed by atoms with Gasteiger partial charge in [0.2, 0.25) is 0 Å². The molecule has 1 nitrogen and oxygen atoms in total. The predicted octanol–water partition coefficient (Wildman–Crippen LogP) is -0.154. The monoisotopic (exact) mass is 152 g/mol. The minimum absolute atomic E-state index is 0. The van der Waals surface area contributed by atoms with Crippen molar-refractivity contribution in [3.05, 3.63) is 0 Å². The van der Waals surface area contributed by atoms with E-state index in [0.717, 1.165) is 6.42 Å². The summed E-state index contributed by atoms with van der Waals surface area (Å²) in [7, 11) is 0. The van der Waals surface area contributed by atoms with Gasteiger partial charge in [0.05, 0.1) is 0 Å². The van der Waals surface area contributed by atoms with Gasteiger partial charge in [-0.05, 0) is 6.42 Å². The van der Waals surface area contributed by atoms with Crippen LogP contribution in [0.2, 0.25) is 0 Å². The first-order chi connectivity index (χ1) is 4.91. The molecule has 0 aliphatic heterocycles. The zero-order valence-electron chi connectivity index (χ0n) is 9.10. The molecule has 0 bridgehead atoms. The molecule has 0 atom stereocenters. The Morgan fingerprint density at radius 1 is 0.909 bits per heavy atom. The largest absolute Gasteiger partial charge is 1.00 e. The third kappa shape index (κ3) is 13.5. The van der Waals surface area contributed by atoms with E-state index in [2.05, 4.69) is 6.92 Å². The van der Waals surface area contributed by atoms with Crippen LogP contribution in [0.15, 0.2) is 0 Å². The summed E-state index contributed by atoms with van der Waals surface area (Å²) < 4.78 is 0. The van der Waals surface area contributed by atoms with Gasteiger partial charge in [-0.25, -0.2) is 0 Å². The summed E-state index contributed by atoms with van der Waals surface area (Å²) in [6, 6.07) is 0. The summed E-state index contributed by atoms with van der Waals surface area (Å²) in [5, 5.41) is 8.47. The molecule has 0 saturated carbocycles. The average molecular weight is 152 g/mol. The molecule has 0 radical (unpaired) electrons. The molecule has 11 heavy (non-hydrogen) atoms. The van der Waals surface area contributed by atoms with Gasteiger partial charge in [-0.1, -0.05) is 45.4 Å². The molecule has 64 valence electrons. The van der Waals surface area contributed by atoms with Gasteiger partial charge in [0.1, 0.15) is 0 Å². The Morgan fingerprint density at radius 3 is 1.82 bits per heavy atom. The Hall–Kier alpha value is 0.557. The van der Waals surface area contributed by atoms with E-state index < -0.39 is 0 Å². The predicted molar refractivity (Wildman–Crippen MR) is 46.2 cm³/mol. The number of unbranched alkanes of at least 4 members (excludes halogenated alkanes) is 6. The van der Waals surface area contributed by atoms with E-state index in [1.165, 1.54) is 38.5 Å². The van der Waals surface area contributed by atoms with E-state index in [1.807, 2.05) is 0 Å². The summed E-state index contributed by atoms with van der Waals surface area (Å²) in [4.78, 5) is 0. The van der Waals surface area contributed by atoms with E-state index in [0.29, 0.717) is 6.61 Å². The van der Waals surface area contributed by atoms with Crippen molar-refractivity contribution in [2.24, 2.45) is 0 Å². The van der Waals surface area contributed by atoms with Crippen molar-refractivity contribution in [3.8, 4) is 0 Å². The second kappa shape index (κ2) is 13.2. The summed E-state index contributed by atoms with van der Waals surface area (Å²) >= 11 is 0. The Bertz CT molecular complexity index is 54.5. The van der Waals surface area contributed by atoms with Crippen LogP contribution >= 0.6 is 0 Å². The average Bonchev–Trinajstić information content (AvgIpc) is 1.97. The van der Waals surface area contributed by atoms with E-state index in [-0.39, 0.29) is 20.3 Å². The van der Waals surface area contributed by atoms with Crippen LogP contribution in [-0.2, 0) is 0 Å². The van der Waals surface area contributed by atoms with E-state index in [1.54, 1.807) is 0 Å². The molecule has 0 aromatic carbocycles. The topological polar surface area (TPSA) is 20.2 Å². The summed E-state index contributed by atoms with van der Waals surface area (Å²) in [5.41, 5.74) is 0. The minimum Gasteiger partial charge on any atom is -1.00 e. The maximum atomic E-state index is 8.47. The third-order valence-corrected chi connectivity index (χ3v) is 1.76. The smallest absolute Gasteiger partial charge is 1.00 e. The Labute approximate surface area is 84.2 Å². The van der Waals surface area contributed by atoms with Crippen molar-refractivity contribution < 1.29 is 25.4 Å². The zero-order chi connectivity index (χ0) is 7.66. The molecule has 0 fully saturated rings. The SMILES string of the molecule is CCCCCCCCCO.[H-].[Li+]. The molecule has 0 spiro atoms. The Morgan fingerprint density at radius 2 is 1.36 bits per heavy atom. The van der Waals surface area contributed by atoms with Crippen molar-refractivity contribution in [1.82, 2.24) is 0 Å². The van der Waals surface area contributed by atoms with E-state index in [9.17, 15) is 0 Å². The van der Waals surface area contributed by atoms with Gasteiger partial charge in [0.15, 0.2) is 0 Å². The summed E-state index contributed by atoms with van der Waals surface area (Å²) in [6.45, 7) is 2.60. The molecule has 0 saturated heterocycles. The zero-order valence-corrected chi connectivity index (χ0v) is 8.10. The fraction of sp³-hybridized carbons (Fsp3) is 1.00. The van der Waals surface area contributed by atoms with Crippen LogP contribution in [0, 0.1) is 0 Å². The summed E-state index contributed by atoms with van der Waals surface area (Å²) in [6.07, 6.45) is 8.93. The van der Waals surface area contributed by atoms with Gasteiger partial charge >= 0.3 is 18.9 Å². The quantitative estimate of drug-likeness (QED) is 0.397. The molecule has 0 rings (SSSR count). The van der Waals surface area contributed by atoms with Crippen LogP contribution in [0.4, 0.5) is 0 Å². The molecular weight excluding hydrogens is 131 g/mol. The molecule has 0 heterocycles.